The van der Waals surface area contributed by atoms with Crippen LogP contribution in [-0.4, -0.2) is 52.3 Å². The second kappa shape index (κ2) is 7.74. The molecular weight excluding hydrogens is 405 g/mol. The van der Waals surface area contributed by atoms with E-state index in [1.807, 2.05) is 4.90 Å². The van der Waals surface area contributed by atoms with Crippen LogP contribution in [0.15, 0.2) is 46.5 Å². The fraction of sp³-hybridized carbons (Fsp3) is 0.421. The van der Waals surface area contributed by atoms with Crippen molar-refractivity contribution in [3.8, 4) is 0 Å². The first-order valence-electron chi connectivity index (χ1n) is 9.22. The van der Waals surface area contributed by atoms with Gasteiger partial charge in [0.05, 0.1) is 11.5 Å². The number of fused-ring (bicyclic) bond motifs is 1. The fourth-order valence-electron chi connectivity index (χ4n) is 3.62. The van der Waals surface area contributed by atoms with Crippen LogP contribution >= 0.6 is 11.8 Å². The first-order valence-corrected chi connectivity index (χ1v) is 10.2. The van der Waals surface area contributed by atoms with Gasteiger partial charge in [-0.3, -0.25) is 14.2 Å². The molecule has 1 unspecified atom stereocenters. The molecular formula is C19H19F3N4O2S. The zero-order valence-corrected chi connectivity index (χ0v) is 16.2. The smallest absolute Gasteiger partial charge is 0.368 e. The number of amides is 1. The first-order chi connectivity index (χ1) is 13.8. The van der Waals surface area contributed by atoms with Gasteiger partial charge in [-0.1, -0.05) is 17.8 Å². The van der Waals surface area contributed by atoms with Crippen LogP contribution in [-0.2, 0) is 17.5 Å². The number of rotatable bonds is 2. The Kier molecular flexibility index (Phi) is 5.28. The van der Waals surface area contributed by atoms with E-state index in [0.29, 0.717) is 49.3 Å². The Morgan fingerprint density at radius 1 is 1.14 bits per heavy atom. The predicted octanol–water partition coefficient (Wildman–Crippen LogP) is 2.33. The fourth-order valence-corrected chi connectivity index (χ4v) is 4.68. The summed E-state index contributed by atoms with van der Waals surface area (Å²) in [5.41, 5.74) is -0.341. The summed E-state index contributed by atoms with van der Waals surface area (Å²) in [5.74, 6) is 0.223. The van der Waals surface area contributed by atoms with Gasteiger partial charge in [-0.05, 0) is 18.2 Å². The average Bonchev–Trinajstić information content (AvgIpc) is 2.73. The summed E-state index contributed by atoms with van der Waals surface area (Å²) in [5, 5.41) is 0.621. The van der Waals surface area contributed by atoms with E-state index in [9.17, 15) is 22.8 Å². The maximum Gasteiger partial charge on any atom is 0.416 e. The molecule has 0 bridgehead atoms. The van der Waals surface area contributed by atoms with Gasteiger partial charge in [0.15, 0.2) is 5.16 Å². The molecule has 0 N–H and O–H groups in total. The molecule has 3 heterocycles. The van der Waals surface area contributed by atoms with Crippen molar-refractivity contribution in [3.05, 3.63) is 52.4 Å². The molecule has 6 nitrogen and oxygen atoms in total. The van der Waals surface area contributed by atoms with Crippen LogP contribution in [0.4, 0.5) is 18.9 Å². The maximum absolute atomic E-state index is 12.9. The number of carbonyl (C=O) groups is 1. The summed E-state index contributed by atoms with van der Waals surface area (Å²) >= 11 is 1.39. The van der Waals surface area contributed by atoms with Gasteiger partial charge in [-0.2, -0.15) is 13.2 Å². The van der Waals surface area contributed by atoms with Crippen molar-refractivity contribution >= 4 is 23.4 Å². The molecule has 1 amide bonds. The summed E-state index contributed by atoms with van der Waals surface area (Å²) < 4.78 is 40.3. The molecule has 2 aromatic rings. The minimum atomic E-state index is -4.38. The topological polar surface area (TPSA) is 58.4 Å². The number of hydrogen-bond acceptors (Lipinski definition) is 5. The van der Waals surface area contributed by atoms with Crippen molar-refractivity contribution < 1.29 is 18.0 Å². The molecule has 0 spiro atoms. The molecule has 10 heteroatoms. The van der Waals surface area contributed by atoms with Gasteiger partial charge in [-0.15, -0.1) is 0 Å². The molecule has 4 rings (SSSR count). The Labute approximate surface area is 169 Å². The van der Waals surface area contributed by atoms with Crippen LogP contribution in [0.25, 0.3) is 0 Å². The minimum absolute atomic E-state index is 0.0254. The van der Waals surface area contributed by atoms with Crippen LogP contribution in [0.1, 0.15) is 5.56 Å². The predicted molar refractivity (Wildman–Crippen MR) is 103 cm³/mol. The summed E-state index contributed by atoms with van der Waals surface area (Å²) in [7, 11) is 0. The molecule has 1 saturated heterocycles. The Balaban J connectivity index is 1.40. The number of thioether (sulfide) groups is 1. The monoisotopic (exact) mass is 424 g/mol. The third-order valence-electron chi connectivity index (χ3n) is 5.19. The quantitative estimate of drug-likeness (QED) is 0.693. The van der Waals surface area contributed by atoms with E-state index in [1.165, 1.54) is 34.7 Å². The molecule has 154 valence electrons. The Hall–Kier alpha value is -2.49. The van der Waals surface area contributed by atoms with E-state index in [2.05, 4.69) is 4.98 Å². The number of aromatic nitrogens is 2. The number of nitrogens with zero attached hydrogens (tertiary/aromatic N) is 4. The SMILES string of the molecule is O=C(C1CSc2nccc(=O)n2C1)N1CCN(c2cccc(C(F)(F)F)c2)CC1. The lowest BCUT2D eigenvalue weighted by molar-refractivity contribution is -0.137. The van der Waals surface area contributed by atoms with Crippen molar-refractivity contribution in [1.29, 1.82) is 0 Å². The number of hydrogen-bond donors (Lipinski definition) is 0. The van der Waals surface area contributed by atoms with Crippen LogP contribution < -0.4 is 10.5 Å². The number of anilines is 1. The van der Waals surface area contributed by atoms with Gasteiger partial charge >= 0.3 is 6.18 Å². The highest BCUT2D eigenvalue weighted by atomic mass is 32.2. The number of piperazine rings is 1. The number of benzene rings is 1. The summed E-state index contributed by atoms with van der Waals surface area (Å²) in [6.45, 7) is 2.10. The number of carbonyl (C=O) groups excluding carboxylic acids is 1. The number of alkyl halides is 3. The van der Waals surface area contributed by atoms with Gasteiger partial charge in [0.2, 0.25) is 5.91 Å². The van der Waals surface area contributed by atoms with E-state index < -0.39 is 11.7 Å². The Morgan fingerprint density at radius 3 is 2.62 bits per heavy atom. The standard InChI is InChI=1S/C19H19F3N4O2S/c20-19(21,22)14-2-1-3-15(10-14)24-6-8-25(9-7-24)17(28)13-11-26-16(27)4-5-23-18(26)29-12-13/h1-5,10,13H,6-9,11-12H2. The molecule has 2 aliphatic heterocycles. The Bertz CT molecular complexity index is 970. The molecule has 0 saturated carbocycles. The van der Waals surface area contributed by atoms with Crippen LogP contribution in [0, 0.1) is 5.92 Å². The zero-order valence-electron chi connectivity index (χ0n) is 15.4. The van der Waals surface area contributed by atoms with Crippen LogP contribution in [0.2, 0.25) is 0 Å². The second-order valence-corrected chi connectivity index (χ2v) is 8.03. The number of halogens is 3. The third-order valence-corrected chi connectivity index (χ3v) is 6.35. The highest BCUT2D eigenvalue weighted by molar-refractivity contribution is 7.99. The maximum atomic E-state index is 12.9. The Morgan fingerprint density at radius 2 is 1.90 bits per heavy atom. The minimum Gasteiger partial charge on any atom is -0.368 e. The molecule has 1 atom stereocenters. The largest absolute Gasteiger partial charge is 0.416 e. The van der Waals surface area contributed by atoms with Gasteiger partial charge < -0.3 is 9.80 Å². The molecule has 0 radical (unpaired) electrons. The lowest BCUT2D eigenvalue weighted by Crippen LogP contribution is -2.52. The lowest BCUT2D eigenvalue weighted by Gasteiger charge is -2.38. The summed E-state index contributed by atoms with van der Waals surface area (Å²) in [4.78, 5) is 32.7. The molecule has 1 aromatic carbocycles. The molecule has 2 aliphatic rings. The highest BCUT2D eigenvalue weighted by Crippen LogP contribution is 2.32. The first kappa shape index (κ1) is 19.8. The van der Waals surface area contributed by atoms with E-state index in [0.717, 1.165) is 12.1 Å². The third kappa shape index (κ3) is 4.12. The summed E-state index contributed by atoms with van der Waals surface area (Å²) in [6.07, 6.45) is -2.91. The van der Waals surface area contributed by atoms with E-state index >= 15 is 0 Å². The molecule has 0 aliphatic carbocycles. The normalized spacial score (nSPS) is 19.8. The van der Waals surface area contributed by atoms with E-state index in [4.69, 9.17) is 0 Å². The van der Waals surface area contributed by atoms with Crippen molar-refractivity contribution in [3.63, 3.8) is 0 Å². The summed E-state index contributed by atoms with van der Waals surface area (Å²) in [6, 6.07) is 6.63. The zero-order chi connectivity index (χ0) is 20.6. The van der Waals surface area contributed by atoms with Crippen molar-refractivity contribution in [2.75, 3.05) is 36.8 Å². The van der Waals surface area contributed by atoms with Gasteiger partial charge in [0, 0.05) is 56.4 Å². The van der Waals surface area contributed by atoms with E-state index in [1.54, 1.807) is 11.0 Å². The molecule has 1 aromatic heterocycles. The average molecular weight is 424 g/mol. The van der Waals surface area contributed by atoms with Gasteiger partial charge in [0.1, 0.15) is 0 Å². The van der Waals surface area contributed by atoms with Gasteiger partial charge in [-0.25, -0.2) is 4.98 Å². The van der Waals surface area contributed by atoms with Crippen LogP contribution in [0.3, 0.4) is 0 Å². The molecule has 1 fully saturated rings. The van der Waals surface area contributed by atoms with Gasteiger partial charge in [0.25, 0.3) is 5.56 Å². The van der Waals surface area contributed by atoms with Crippen LogP contribution in [0.5, 0.6) is 0 Å². The highest BCUT2D eigenvalue weighted by Gasteiger charge is 2.33. The second-order valence-electron chi connectivity index (χ2n) is 7.04. The van der Waals surface area contributed by atoms with Crippen molar-refractivity contribution in [1.82, 2.24) is 14.5 Å². The van der Waals surface area contributed by atoms with Crippen molar-refractivity contribution in [2.45, 2.75) is 17.9 Å². The van der Waals surface area contributed by atoms with E-state index in [-0.39, 0.29) is 17.4 Å². The lowest BCUT2D eigenvalue weighted by atomic mass is 10.1. The van der Waals surface area contributed by atoms with Crippen molar-refractivity contribution in [2.24, 2.45) is 5.92 Å². The molecule has 29 heavy (non-hydrogen) atoms.